The van der Waals surface area contributed by atoms with Crippen LogP contribution in [-0.2, 0) is 30.2 Å². The Labute approximate surface area is 138 Å². The molecule has 0 unspecified atom stereocenters. The first-order valence-electron chi connectivity index (χ1n) is 7.83. The molecule has 9 nitrogen and oxygen atoms in total. The van der Waals surface area contributed by atoms with Gasteiger partial charge in [0.15, 0.2) is 11.2 Å². The molecule has 0 bridgehead atoms. The van der Waals surface area contributed by atoms with Crippen molar-refractivity contribution >= 4 is 17.1 Å². The number of hydrogen-bond donors (Lipinski definition) is 0. The van der Waals surface area contributed by atoms with E-state index in [0.29, 0.717) is 13.1 Å². The Morgan fingerprint density at radius 3 is 2.46 bits per heavy atom. The summed E-state index contributed by atoms with van der Waals surface area (Å²) in [6, 6.07) is 0. The fourth-order valence-electron chi connectivity index (χ4n) is 3.14. The quantitative estimate of drug-likeness (QED) is 0.707. The van der Waals surface area contributed by atoms with Gasteiger partial charge in [0.05, 0.1) is 18.5 Å². The maximum atomic E-state index is 12.6. The molecule has 2 aromatic rings. The SMILES string of the molecule is C[C@@H]1CN(C(=O)Cn2cnc3c2c(=O)n(C)c(=O)n3C)C[C@H](C)O1. The van der Waals surface area contributed by atoms with E-state index in [0.717, 1.165) is 4.57 Å². The molecule has 9 heteroatoms. The van der Waals surface area contributed by atoms with E-state index in [-0.39, 0.29) is 35.8 Å². The van der Waals surface area contributed by atoms with Crippen LogP contribution in [0, 0.1) is 0 Å². The van der Waals surface area contributed by atoms with Crippen molar-refractivity contribution in [1.82, 2.24) is 23.6 Å². The Bertz CT molecular complexity index is 899. The van der Waals surface area contributed by atoms with Crippen LogP contribution in [0.1, 0.15) is 13.8 Å². The molecule has 24 heavy (non-hydrogen) atoms. The van der Waals surface area contributed by atoms with Gasteiger partial charge in [0, 0.05) is 27.2 Å². The van der Waals surface area contributed by atoms with E-state index < -0.39 is 11.2 Å². The van der Waals surface area contributed by atoms with E-state index in [1.54, 1.807) is 11.9 Å². The summed E-state index contributed by atoms with van der Waals surface area (Å²) in [5.41, 5.74) is -0.371. The van der Waals surface area contributed by atoms with Gasteiger partial charge < -0.3 is 14.2 Å². The average Bonchev–Trinajstić information content (AvgIpc) is 2.93. The first-order valence-corrected chi connectivity index (χ1v) is 7.83. The lowest BCUT2D eigenvalue weighted by Crippen LogP contribution is -2.49. The normalized spacial score (nSPS) is 21.4. The Morgan fingerprint density at radius 1 is 1.21 bits per heavy atom. The van der Waals surface area contributed by atoms with Crippen LogP contribution in [0.4, 0.5) is 0 Å². The fraction of sp³-hybridized carbons (Fsp3) is 0.600. The van der Waals surface area contributed by atoms with Crippen LogP contribution in [0.2, 0.25) is 0 Å². The highest BCUT2D eigenvalue weighted by Gasteiger charge is 2.26. The molecule has 3 heterocycles. The molecule has 0 radical (unpaired) electrons. The van der Waals surface area contributed by atoms with E-state index in [1.165, 1.54) is 22.5 Å². The number of rotatable bonds is 2. The van der Waals surface area contributed by atoms with Crippen molar-refractivity contribution in [2.24, 2.45) is 14.1 Å². The number of nitrogens with zero attached hydrogens (tertiary/aromatic N) is 5. The first-order chi connectivity index (χ1) is 11.3. The third-order valence-corrected chi connectivity index (χ3v) is 4.30. The van der Waals surface area contributed by atoms with E-state index in [4.69, 9.17) is 4.74 Å². The zero-order valence-corrected chi connectivity index (χ0v) is 14.2. The van der Waals surface area contributed by atoms with Gasteiger partial charge in [-0.2, -0.15) is 0 Å². The molecule has 1 aliphatic heterocycles. The van der Waals surface area contributed by atoms with Crippen LogP contribution in [-0.4, -0.2) is 54.8 Å². The maximum absolute atomic E-state index is 12.6. The summed E-state index contributed by atoms with van der Waals surface area (Å²) in [5.74, 6) is -0.104. The minimum atomic E-state index is -0.456. The number of imidazole rings is 1. The summed E-state index contributed by atoms with van der Waals surface area (Å²) in [5, 5.41) is 0. The zero-order valence-electron chi connectivity index (χ0n) is 14.2. The van der Waals surface area contributed by atoms with Crippen molar-refractivity contribution in [3.8, 4) is 0 Å². The molecule has 0 saturated carbocycles. The van der Waals surface area contributed by atoms with E-state index in [2.05, 4.69) is 4.98 Å². The van der Waals surface area contributed by atoms with Crippen molar-refractivity contribution in [1.29, 1.82) is 0 Å². The van der Waals surface area contributed by atoms with Crippen LogP contribution in [0.3, 0.4) is 0 Å². The number of aromatic nitrogens is 4. The molecule has 0 aromatic carbocycles. The molecule has 2 atom stereocenters. The molecule has 1 amide bonds. The third-order valence-electron chi connectivity index (χ3n) is 4.30. The summed E-state index contributed by atoms with van der Waals surface area (Å²) in [7, 11) is 2.96. The number of ether oxygens (including phenoxy) is 1. The molecule has 1 aliphatic rings. The predicted molar refractivity (Wildman–Crippen MR) is 86.8 cm³/mol. The lowest BCUT2D eigenvalue weighted by molar-refractivity contribution is -0.143. The molecule has 0 spiro atoms. The van der Waals surface area contributed by atoms with Gasteiger partial charge >= 0.3 is 5.69 Å². The Kier molecular flexibility index (Phi) is 4.04. The highest BCUT2D eigenvalue weighted by atomic mass is 16.5. The fourth-order valence-corrected chi connectivity index (χ4v) is 3.14. The summed E-state index contributed by atoms with van der Waals surface area (Å²) >= 11 is 0. The second kappa shape index (κ2) is 5.90. The number of aryl methyl sites for hydroxylation is 1. The van der Waals surface area contributed by atoms with E-state index in [1.807, 2.05) is 13.8 Å². The summed E-state index contributed by atoms with van der Waals surface area (Å²) in [4.78, 5) is 42.8. The molecular weight excluding hydrogens is 314 g/mol. The number of hydrogen-bond acceptors (Lipinski definition) is 5. The van der Waals surface area contributed by atoms with Gasteiger partial charge in [-0.05, 0) is 13.8 Å². The molecular formula is C15H21N5O4. The minimum Gasteiger partial charge on any atom is -0.372 e. The second-order valence-corrected chi connectivity index (χ2v) is 6.31. The third kappa shape index (κ3) is 2.64. The predicted octanol–water partition coefficient (Wildman–Crippen LogP) is -0.930. The molecule has 3 rings (SSSR count). The van der Waals surface area contributed by atoms with Gasteiger partial charge in [-0.25, -0.2) is 9.78 Å². The number of amides is 1. The average molecular weight is 335 g/mol. The standard InChI is InChI=1S/C15H21N5O4/c1-9-5-19(6-10(2)24-9)11(21)7-20-8-16-13-12(20)14(22)18(4)15(23)17(13)3/h8-10H,5-7H2,1-4H3/t9-,10+. The highest BCUT2D eigenvalue weighted by molar-refractivity contribution is 5.79. The molecule has 1 saturated heterocycles. The number of fused-ring (bicyclic) bond motifs is 1. The van der Waals surface area contributed by atoms with Crippen LogP contribution in [0.15, 0.2) is 15.9 Å². The zero-order chi connectivity index (χ0) is 17.6. The number of carbonyl (C=O) groups excluding carboxylic acids is 1. The summed E-state index contributed by atoms with van der Waals surface area (Å²) in [6.07, 6.45) is 1.38. The second-order valence-electron chi connectivity index (χ2n) is 6.31. The highest BCUT2D eigenvalue weighted by Crippen LogP contribution is 2.12. The number of morpholine rings is 1. The Hall–Kier alpha value is -2.42. The molecule has 0 N–H and O–H groups in total. The van der Waals surface area contributed by atoms with Gasteiger partial charge in [0.25, 0.3) is 5.56 Å². The van der Waals surface area contributed by atoms with Crippen molar-refractivity contribution < 1.29 is 9.53 Å². The summed E-state index contributed by atoms with van der Waals surface area (Å²) < 4.78 is 9.46. The minimum absolute atomic E-state index is 0.00336. The monoisotopic (exact) mass is 335 g/mol. The molecule has 0 aliphatic carbocycles. The van der Waals surface area contributed by atoms with Gasteiger partial charge in [0.2, 0.25) is 5.91 Å². The van der Waals surface area contributed by atoms with Crippen LogP contribution < -0.4 is 11.2 Å². The van der Waals surface area contributed by atoms with Crippen molar-refractivity contribution in [3.05, 3.63) is 27.2 Å². The van der Waals surface area contributed by atoms with E-state index in [9.17, 15) is 14.4 Å². The largest absolute Gasteiger partial charge is 0.372 e. The van der Waals surface area contributed by atoms with Gasteiger partial charge in [-0.15, -0.1) is 0 Å². The summed E-state index contributed by atoms with van der Waals surface area (Å²) in [6.45, 7) is 4.89. The van der Waals surface area contributed by atoms with Gasteiger partial charge in [-0.1, -0.05) is 0 Å². The topological polar surface area (TPSA) is 91.4 Å². The van der Waals surface area contributed by atoms with E-state index >= 15 is 0 Å². The van der Waals surface area contributed by atoms with Crippen molar-refractivity contribution in [3.63, 3.8) is 0 Å². The van der Waals surface area contributed by atoms with Crippen molar-refractivity contribution in [2.75, 3.05) is 13.1 Å². The molecule has 130 valence electrons. The Morgan fingerprint density at radius 2 is 1.83 bits per heavy atom. The maximum Gasteiger partial charge on any atom is 0.332 e. The lowest BCUT2D eigenvalue weighted by Gasteiger charge is -2.35. The smallest absolute Gasteiger partial charge is 0.332 e. The van der Waals surface area contributed by atoms with Gasteiger partial charge in [0.1, 0.15) is 6.54 Å². The first kappa shape index (κ1) is 16.4. The Balaban J connectivity index is 1.95. The number of carbonyl (C=O) groups is 1. The van der Waals surface area contributed by atoms with Gasteiger partial charge in [-0.3, -0.25) is 18.7 Å². The van der Waals surface area contributed by atoms with Crippen LogP contribution in [0.5, 0.6) is 0 Å². The van der Waals surface area contributed by atoms with Crippen LogP contribution in [0.25, 0.3) is 11.2 Å². The molecule has 2 aromatic heterocycles. The van der Waals surface area contributed by atoms with Crippen molar-refractivity contribution in [2.45, 2.75) is 32.6 Å². The van der Waals surface area contributed by atoms with Crippen LogP contribution >= 0.6 is 0 Å². The lowest BCUT2D eigenvalue weighted by atomic mass is 10.2. The molecule has 1 fully saturated rings.